The molecule has 0 bridgehead atoms. The predicted octanol–water partition coefficient (Wildman–Crippen LogP) is 3.83. The molecule has 24 heavy (non-hydrogen) atoms. The highest BCUT2D eigenvalue weighted by atomic mass is 16.1. The number of carbonyl (C=O) groups excluding carboxylic acids is 1. The number of rotatable bonds is 4. The molecule has 0 aliphatic carbocycles. The van der Waals surface area contributed by atoms with Gasteiger partial charge < -0.3 is 5.32 Å². The average molecular weight is 320 g/mol. The number of aromatic amines is 1. The summed E-state index contributed by atoms with van der Waals surface area (Å²) >= 11 is 0. The van der Waals surface area contributed by atoms with Crippen LogP contribution in [0.3, 0.4) is 0 Å². The molecule has 1 aromatic heterocycles. The third-order valence-electron chi connectivity index (χ3n) is 3.98. The van der Waals surface area contributed by atoms with Gasteiger partial charge in [0.2, 0.25) is 5.91 Å². The minimum atomic E-state index is -0.207. The summed E-state index contributed by atoms with van der Waals surface area (Å²) in [5.41, 5.74) is 3.86. The Morgan fingerprint density at radius 3 is 2.29 bits per heavy atom. The second kappa shape index (κ2) is 6.66. The lowest BCUT2D eigenvalue weighted by atomic mass is 9.99. The van der Waals surface area contributed by atoms with Crippen molar-refractivity contribution in [3.8, 4) is 11.4 Å². The number of aryl methyl sites for hydroxylation is 2. The zero-order chi connectivity index (χ0) is 17.1. The number of hydrogen-bond donors (Lipinski definition) is 2. The second-order valence-electron chi connectivity index (χ2n) is 5.94. The van der Waals surface area contributed by atoms with Crippen molar-refractivity contribution in [2.45, 2.75) is 26.7 Å². The fourth-order valence-corrected chi connectivity index (χ4v) is 2.43. The lowest BCUT2D eigenvalue weighted by Gasteiger charge is -2.13. The molecule has 5 heteroatoms. The third-order valence-corrected chi connectivity index (χ3v) is 3.98. The van der Waals surface area contributed by atoms with Crippen LogP contribution < -0.4 is 5.32 Å². The zero-order valence-corrected chi connectivity index (χ0v) is 14.0. The van der Waals surface area contributed by atoms with E-state index in [0.717, 1.165) is 22.6 Å². The molecule has 1 unspecified atom stereocenters. The van der Waals surface area contributed by atoms with Gasteiger partial charge in [-0.05, 0) is 50.6 Å². The van der Waals surface area contributed by atoms with Gasteiger partial charge in [-0.3, -0.25) is 9.89 Å². The number of nitrogens with one attached hydrogen (secondary N) is 2. The van der Waals surface area contributed by atoms with Crippen molar-refractivity contribution in [2.24, 2.45) is 0 Å². The van der Waals surface area contributed by atoms with Gasteiger partial charge in [0.25, 0.3) is 0 Å². The van der Waals surface area contributed by atoms with Crippen LogP contribution in [-0.4, -0.2) is 21.1 Å². The number of nitrogens with zero attached hydrogens (tertiary/aromatic N) is 2. The zero-order valence-electron chi connectivity index (χ0n) is 14.0. The Morgan fingerprint density at radius 1 is 1.04 bits per heavy atom. The Balaban J connectivity index is 1.69. The van der Waals surface area contributed by atoms with Crippen LogP contribution in [0, 0.1) is 13.8 Å². The first-order chi connectivity index (χ1) is 11.5. The van der Waals surface area contributed by atoms with E-state index in [2.05, 4.69) is 20.5 Å². The third kappa shape index (κ3) is 3.51. The molecule has 1 heterocycles. The van der Waals surface area contributed by atoms with Gasteiger partial charge in [0.05, 0.1) is 5.92 Å². The van der Waals surface area contributed by atoms with Crippen LogP contribution in [0.5, 0.6) is 0 Å². The van der Waals surface area contributed by atoms with Gasteiger partial charge in [-0.1, -0.05) is 29.8 Å². The van der Waals surface area contributed by atoms with Gasteiger partial charge in [-0.25, -0.2) is 4.98 Å². The molecule has 0 saturated carbocycles. The number of amides is 1. The maximum Gasteiger partial charge on any atom is 0.231 e. The highest BCUT2D eigenvalue weighted by Crippen LogP contribution is 2.21. The van der Waals surface area contributed by atoms with Crippen LogP contribution >= 0.6 is 0 Å². The van der Waals surface area contributed by atoms with E-state index < -0.39 is 0 Å². The summed E-state index contributed by atoms with van der Waals surface area (Å²) < 4.78 is 0. The Hall–Kier alpha value is -2.95. The molecule has 0 spiro atoms. The molecule has 1 atom stereocenters. The lowest BCUT2D eigenvalue weighted by Crippen LogP contribution is -2.18. The number of carbonyl (C=O) groups is 1. The molecule has 0 radical (unpaired) electrons. The van der Waals surface area contributed by atoms with E-state index in [-0.39, 0.29) is 11.8 Å². The fourth-order valence-electron chi connectivity index (χ4n) is 2.43. The van der Waals surface area contributed by atoms with Gasteiger partial charge >= 0.3 is 0 Å². The van der Waals surface area contributed by atoms with Gasteiger partial charge in [0.1, 0.15) is 5.82 Å². The van der Waals surface area contributed by atoms with Gasteiger partial charge in [0.15, 0.2) is 5.82 Å². The quantitative estimate of drug-likeness (QED) is 0.767. The lowest BCUT2D eigenvalue weighted by molar-refractivity contribution is -0.117. The standard InChI is InChI=1S/C19H20N4O/c1-12-4-6-15(7-5-12)13(2)19(24)21-17-10-8-16(9-11-17)18-20-14(3)22-23-18/h4-11,13H,1-3H3,(H,21,24)(H,20,22,23). The molecule has 3 rings (SSSR count). The molecule has 5 nitrogen and oxygen atoms in total. The van der Waals surface area contributed by atoms with Crippen LogP contribution in [0.4, 0.5) is 5.69 Å². The number of aromatic nitrogens is 3. The van der Waals surface area contributed by atoms with Crippen molar-refractivity contribution < 1.29 is 4.79 Å². The maximum absolute atomic E-state index is 12.4. The Morgan fingerprint density at radius 2 is 1.71 bits per heavy atom. The van der Waals surface area contributed by atoms with Crippen molar-refractivity contribution in [3.63, 3.8) is 0 Å². The van der Waals surface area contributed by atoms with Crippen LogP contribution in [0.15, 0.2) is 48.5 Å². The fraction of sp³-hybridized carbons (Fsp3) is 0.211. The molecule has 1 amide bonds. The Bertz CT molecular complexity index is 835. The van der Waals surface area contributed by atoms with E-state index in [0.29, 0.717) is 5.82 Å². The topological polar surface area (TPSA) is 70.7 Å². The van der Waals surface area contributed by atoms with E-state index in [4.69, 9.17) is 0 Å². The molecular formula is C19H20N4O. The summed E-state index contributed by atoms with van der Waals surface area (Å²) in [5.74, 6) is 1.19. The first kappa shape index (κ1) is 15.9. The SMILES string of the molecule is Cc1ccc(C(C)C(=O)Nc2ccc(-c3n[nH]c(C)n3)cc2)cc1. The van der Waals surface area contributed by atoms with E-state index in [1.165, 1.54) is 5.56 Å². The number of H-pyrrole nitrogens is 1. The van der Waals surface area contributed by atoms with Gasteiger partial charge in [-0.15, -0.1) is 0 Å². The highest BCUT2D eigenvalue weighted by Gasteiger charge is 2.15. The van der Waals surface area contributed by atoms with Crippen LogP contribution in [0.2, 0.25) is 0 Å². The van der Waals surface area contributed by atoms with E-state index in [9.17, 15) is 4.79 Å². The minimum Gasteiger partial charge on any atom is -0.326 e. The summed E-state index contributed by atoms with van der Waals surface area (Å²) in [6.07, 6.45) is 0. The van der Waals surface area contributed by atoms with Crippen molar-refractivity contribution in [1.82, 2.24) is 15.2 Å². The number of hydrogen-bond acceptors (Lipinski definition) is 3. The maximum atomic E-state index is 12.4. The number of benzene rings is 2. The van der Waals surface area contributed by atoms with Crippen molar-refractivity contribution >= 4 is 11.6 Å². The Labute approximate surface area is 141 Å². The molecule has 0 fully saturated rings. The molecule has 3 aromatic rings. The van der Waals surface area contributed by atoms with E-state index in [1.807, 2.05) is 69.3 Å². The minimum absolute atomic E-state index is 0.0275. The summed E-state index contributed by atoms with van der Waals surface area (Å²) in [6, 6.07) is 15.5. The summed E-state index contributed by atoms with van der Waals surface area (Å²) in [4.78, 5) is 16.7. The smallest absolute Gasteiger partial charge is 0.231 e. The summed E-state index contributed by atoms with van der Waals surface area (Å²) in [5, 5.41) is 9.90. The summed E-state index contributed by atoms with van der Waals surface area (Å²) in [6.45, 7) is 5.80. The van der Waals surface area contributed by atoms with Crippen molar-refractivity contribution in [2.75, 3.05) is 5.32 Å². The molecule has 0 saturated heterocycles. The molecule has 2 aromatic carbocycles. The molecule has 122 valence electrons. The summed E-state index contributed by atoms with van der Waals surface area (Å²) in [7, 11) is 0. The van der Waals surface area contributed by atoms with Gasteiger partial charge in [-0.2, -0.15) is 5.10 Å². The first-order valence-electron chi connectivity index (χ1n) is 7.90. The molecule has 2 N–H and O–H groups in total. The van der Waals surface area contributed by atoms with Crippen molar-refractivity contribution in [3.05, 3.63) is 65.5 Å². The predicted molar refractivity (Wildman–Crippen MR) is 94.8 cm³/mol. The van der Waals surface area contributed by atoms with E-state index >= 15 is 0 Å². The molecule has 0 aliphatic rings. The second-order valence-corrected chi connectivity index (χ2v) is 5.94. The van der Waals surface area contributed by atoms with Crippen LogP contribution in [-0.2, 0) is 4.79 Å². The van der Waals surface area contributed by atoms with Gasteiger partial charge in [0, 0.05) is 11.3 Å². The highest BCUT2D eigenvalue weighted by molar-refractivity contribution is 5.95. The first-order valence-corrected chi connectivity index (χ1v) is 7.90. The molecule has 0 aliphatic heterocycles. The molecular weight excluding hydrogens is 300 g/mol. The normalized spacial score (nSPS) is 12.0. The van der Waals surface area contributed by atoms with Crippen LogP contribution in [0.1, 0.15) is 29.8 Å². The van der Waals surface area contributed by atoms with Crippen LogP contribution in [0.25, 0.3) is 11.4 Å². The van der Waals surface area contributed by atoms with E-state index in [1.54, 1.807) is 0 Å². The van der Waals surface area contributed by atoms with Crippen molar-refractivity contribution in [1.29, 1.82) is 0 Å². The monoisotopic (exact) mass is 320 g/mol. The number of anilines is 1. The largest absolute Gasteiger partial charge is 0.326 e. The Kier molecular flexibility index (Phi) is 4.42. The average Bonchev–Trinajstić information content (AvgIpc) is 3.02.